The molecule has 2 aliphatic heterocycles. The molecule has 2 saturated heterocycles. The highest BCUT2D eigenvalue weighted by molar-refractivity contribution is 9.10. The zero-order chi connectivity index (χ0) is 29.9. The molecule has 3 fully saturated rings. The Morgan fingerprint density at radius 3 is 2.49 bits per heavy atom. The number of carbonyl (C=O) groups excluding carboxylic acids is 1. The molecule has 0 spiro atoms. The van der Waals surface area contributed by atoms with Gasteiger partial charge in [-0.25, -0.2) is 4.79 Å². The number of carbonyl (C=O) groups is 1. The zero-order valence-corrected chi connectivity index (χ0v) is 26.7. The lowest BCUT2D eigenvalue weighted by molar-refractivity contribution is 0.0204. The molecule has 9 nitrogen and oxygen atoms in total. The van der Waals surface area contributed by atoms with Crippen LogP contribution in [0.2, 0.25) is 0 Å². The first kappa shape index (κ1) is 28.6. The number of likely N-dealkylation sites (tertiary alicyclic amines) is 1. The first-order valence-corrected chi connectivity index (χ1v) is 16.4. The highest BCUT2D eigenvalue weighted by atomic mass is 79.9. The highest BCUT2D eigenvalue weighted by Crippen LogP contribution is 2.42. The van der Waals surface area contributed by atoms with Crippen molar-refractivity contribution in [2.24, 2.45) is 0 Å². The lowest BCUT2D eigenvalue weighted by Crippen LogP contribution is -2.41. The molecule has 1 amide bonds. The highest BCUT2D eigenvalue weighted by Gasteiger charge is 2.32. The van der Waals surface area contributed by atoms with Crippen molar-refractivity contribution >= 4 is 49.7 Å². The van der Waals surface area contributed by atoms with Crippen LogP contribution in [0.3, 0.4) is 0 Å². The van der Waals surface area contributed by atoms with Gasteiger partial charge in [-0.1, -0.05) is 18.9 Å². The Labute approximate surface area is 259 Å². The van der Waals surface area contributed by atoms with Crippen LogP contribution in [0.4, 0.5) is 4.79 Å². The van der Waals surface area contributed by atoms with Gasteiger partial charge in [0.25, 0.3) is 5.56 Å². The number of halogens is 1. The van der Waals surface area contributed by atoms with E-state index in [1.807, 2.05) is 43.9 Å². The molecule has 3 aliphatic rings. The molecule has 0 radical (unpaired) electrons. The van der Waals surface area contributed by atoms with Gasteiger partial charge < -0.3 is 23.7 Å². The summed E-state index contributed by atoms with van der Waals surface area (Å²) in [6, 6.07) is 10.6. The average molecular weight is 652 g/mol. The van der Waals surface area contributed by atoms with Crippen molar-refractivity contribution in [1.29, 1.82) is 0 Å². The van der Waals surface area contributed by atoms with E-state index in [4.69, 9.17) is 19.2 Å². The van der Waals surface area contributed by atoms with Crippen LogP contribution in [0, 0.1) is 0 Å². The second kappa shape index (κ2) is 11.1. The topological polar surface area (TPSA) is 87.3 Å². The molecule has 2 aromatic carbocycles. The zero-order valence-electron chi connectivity index (χ0n) is 25.1. The molecule has 1 aliphatic carbocycles. The van der Waals surface area contributed by atoms with Crippen LogP contribution in [0.25, 0.3) is 27.7 Å². The molecule has 228 valence electrons. The monoisotopic (exact) mass is 650 g/mol. The van der Waals surface area contributed by atoms with Gasteiger partial charge >= 0.3 is 6.09 Å². The lowest BCUT2D eigenvalue weighted by Gasteiger charge is -2.34. The fourth-order valence-corrected chi connectivity index (χ4v) is 7.62. The summed E-state index contributed by atoms with van der Waals surface area (Å²) in [5.74, 6) is 1.75. The van der Waals surface area contributed by atoms with Gasteiger partial charge in [0.05, 0.1) is 35.2 Å². The van der Waals surface area contributed by atoms with E-state index in [1.165, 1.54) is 12.8 Å². The molecule has 2 aromatic heterocycles. The van der Waals surface area contributed by atoms with E-state index in [2.05, 4.69) is 37.0 Å². The summed E-state index contributed by atoms with van der Waals surface area (Å²) in [6.07, 6.45) is 6.68. The number of nitrogens with zero attached hydrogens (tertiary/aromatic N) is 4. The molecular weight excluding hydrogens is 612 g/mol. The summed E-state index contributed by atoms with van der Waals surface area (Å²) in [5.41, 5.74) is 3.30. The van der Waals surface area contributed by atoms with Crippen molar-refractivity contribution in [3.8, 4) is 5.75 Å². The van der Waals surface area contributed by atoms with Crippen molar-refractivity contribution in [3.05, 3.63) is 50.7 Å². The Kier molecular flexibility index (Phi) is 7.40. The third-order valence-corrected chi connectivity index (χ3v) is 9.79. The molecule has 1 saturated carbocycles. The first-order valence-electron chi connectivity index (χ1n) is 15.6. The summed E-state index contributed by atoms with van der Waals surface area (Å²) in [5, 5.41) is 0.579. The van der Waals surface area contributed by atoms with Gasteiger partial charge in [-0.2, -0.15) is 4.98 Å². The van der Waals surface area contributed by atoms with Crippen LogP contribution in [0.15, 0.2) is 39.6 Å². The number of hydrogen-bond donors (Lipinski definition) is 0. The second-order valence-corrected chi connectivity index (χ2v) is 14.1. The first-order chi connectivity index (χ1) is 20.7. The predicted molar refractivity (Wildman–Crippen MR) is 169 cm³/mol. The minimum absolute atomic E-state index is 0.0107. The predicted octanol–water partition coefficient (Wildman–Crippen LogP) is 6.96. The van der Waals surface area contributed by atoms with E-state index in [0.717, 1.165) is 64.4 Å². The van der Waals surface area contributed by atoms with Gasteiger partial charge in [0, 0.05) is 36.1 Å². The van der Waals surface area contributed by atoms with Crippen LogP contribution >= 0.6 is 15.9 Å². The Hall–Kier alpha value is -3.11. The molecule has 7 rings (SSSR count). The van der Waals surface area contributed by atoms with E-state index in [-0.39, 0.29) is 29.7 Å². The molecule has 4 aromatic rings. The van der Waals surface area contributed by atoms with E-state index >= 15 is 0 Å². The van der Waals surface area contributed by atoms with Crippen molar-refractivity contribution in [2.75, 3.05) is 26.3 Å². The summed E-state index contributed by atoms with van der Waals surface area (Å²) < 4.78 is 23.2. The van der Waals surface area contributed by atoms with Gasteiger partial charge in [0.2, 0.25) is 5.78 Å². The SMILES string of the molecule is CC(C)(C)OC(=O)N1CCC(c2cc3c(cc2OC2CCOC2)n2c4cccc(Br)c4c(=O)nc2n3C2CCCC2)CC1. The Bertz CT molecular complexity index is 1750. The average Bonchev–Trinajstić information content (AvgIpc) is 3.73. The van der Waals surface area contributed by atoms with Crippen LogP contribution < -0.4 is 10.3 Å². The number of fused-ring (bicyclic) bond motifs is 5. The number of benzene rings is 2. The Balaban J connectivity index is 1.38. The molecule has 10 heteroatoms. The number of amides is 1. The smallest absolute Gasteiger partial charge is 0.410 e. The van der Waals surface area contributed by atoms with Gasteiger partial charge in [0.1, 0.15) is 17.5 Å². The summed E-state index contributed by atoms with van der Waals surface area (Å²) in [7, 11) is 0. The number of ether oxygens (including phenoxy) is 3. The van der Waals surface area contributed by atoms with Crippen molar-refractivity contribution in [2.45, 2.75) is 89.4 Å². The van der Waals surface area contributed by atoms with Crippen LogP contribution in [-0.4, -0.2) is 63.0 Å². The minimum atomic E-state index is -0.521. The number of rotatable bonds is 4. The van der Waals surface area contributed by atoms with Crippen molar-refractivity contribution in [3.63, 3.8) is 0 Å². The number of aromatic nitrogens is 3. The third-order valence-electron chi connectivity index (χ3n) is 9.13. The number of imidazole rings is 1. The fourth-order valence-electron chi connectivity index (χ4n) is 7.10. The summed E-state index contributed by atoms with van der Waals surface area (Å²) >= 11 is 3.60. The molecule has 1 atom stereocenters. The summed E-state index contributed by atoms with van der Waals surface area (Å²) in [6.45, 7) is 8.22. The molecule has 0 N–H and O–H groups in total. The maximum Gasteiger partial charge on any atom is 0.410 e. The third kappa shape index (κ3) is 5.30. The van der Waals surface area contributed by atoms with E-state index in [0.29, 0.717) is 37.5 Å². The molecular formula is C33H39BrN4O5. The van der Waals surface area contributed by atoms with Gasteiger partial charge in [-0.3, -0.25) is 9.20 Å². The largest absolute Gasteiger partial charge is 0.488 e. The fraction of sp³-hybridized carbons (Fsp3) is 0.545. The number of hydrogen-bond acceptors (Lipinski definition) is 6. The van der Waals surface area contributed by atoms with E-state index < -0.39 is 5.60 Å². The second-order valence-electron chi connectivity index (χ2n) is 13.2. The molecule has 43 heavy (non-hydrogen) atoms. The Morgan fingerprint density at radius 1 is 1.02 bits per heavy atom. The van der Waals surface area contributed by atoms with Crippen LogP contribution in [0.1, 0.15) is 83.2 Å². The van der Waals surface area contributed by atoms with Crippen molar-refractivity contribution < 1.29 is 19.0 Å². The van der Waals surface area contributed by atoms with Crippen LogP contribution in [-0.2, 0) is 9.47 Å². The maximum absolute atomic E-state index is 13.4. The molecule has 1 unspecified atom stereocenters. The van der Waals surface area contributed by atoms with E-state index in [1.54, 1.807) is 0 Å². The number of piperidine rings is 1. The normalized spacial score (nSPS) is 20.6. The molecule has 4 heterocycles. The lowest BCUT2D eigenvalue weighted by atomic mass is 9.88. The molecule has 0 bridgehead atoms. The summed E-state index contributed by atoms with van der Waals surface area (Å²) in [4.78, 5) is 32.7. The van der Waals surface area contributed by atoms with E-state index in [9.17, 15) is 9.59 Å². The minimum Gasteiger partial charge on any atom is -0.488 e. The van der Waals surface area contributed by atoms with Gasteiger partial charge in [0.15, 0.2) is 0 Å². The van der Waals surface area contributed by atoms with Crippen molar-refractivity contribution in [1.82, 2.24) is 18.9 Å². The standard InChI is InChI=1S/C33H39BrN4O5/c1-33(2,3)43-32(40)36-14-11-20(12-15-36)23-17-26-27(18-28(23)42-22-13-16-41-19-22)38-25-10-6-9-24(34)29(25)30(39)35-31(38)37(26)21-7-4-5-8-21/h6,9-10,17-18,20-22H,4-5,7-8,11-16,19H2,1-3H3. The Morgan fingerprint density at radius 2 is 1.79 bits per heavy atom. The van der Waals surface area contributed by atoms with Gasteiger partial charge in [-0.15, -0.1) is 0 Å². The van der Waals surface area contributed by atoms with Gasteiger partial charge in [-0.05, 0) is 92.1 Å². The maximum atomic E-state index is 13.4. The quantitative estimate of drug-likeness (QED) is 0.237. The van der Waals surface area contributed by atoms with Crippen LogP contribution in [0.5, 0.6) is 5.75 Å².